The maximum absolute atomic E-state index is 5.52. The van der Waals surface area contributed by atoms with Gasteiger partial charge in [0.25, 0.3) is 0 Å². The van der Waals surface area contributed by atoms with Crippen molar-refractivity contribution in [1.29, 1.82) is 0 Å². The highest BCUT2D eigenvalue weighted by atomic mass is 15.0. The highest BCUT2D eigenvalue weighted by Crippen LogP contribution is 2.13. The van der Waals surface area contributed by atoms with E-state index in [0.29, 0.717) is 5.69 Å². The summed E-state index contributed by atoms with van der Waals surface area (Å²) in [6.45, 7) is 0. The highest BCUT2D eigenvalue weighted by molar-refractivity contribution is 5.56. The first kappa shape index (κ1) is 8.50. The van der Waals surface area contributed by atoms with E-state index in [2.05, 4.69) is 15.3 Å². The van der Waals surface area contributed by atoms with Gasteiger partial charge < -0.3 is 11.1 Å². The molecule has 70 valence electrons. The van der Waals surface area contributed by atoms with E-state index in [9.17, 15) is 0 Å². The van der Waals surface area contributed by atoms with Crippen LogP contribution in [-0.4, -0.2) is 9.97 Å². The van der Waals surface area contributed by atoms with Crippen molar-refractivity contribution in [2.45, 2.75) is 0 Å². The lowest BCUT2D eigenvalue weighted by Crippen LogP contribution is -1.94. The molecule has 0 saturated heterocycles. The molecule has 0 fully saturated rings. The Balaban J connectivity index is 2.16. The predicted octanol–water partition coefficient (Wildman–Crippen LogP) is 1.80. The number of nitrogens with one attached hydrogen (secondary N) is 1. The Labute approximate surface area is 81.8 Å². The van der Waals surface area contributed by atoms with E-state index >= 15 is 0 Å². The lowest BCUT2D eigenvalue weighted by atomic mass is 10.4. The van der Waals surface area contributed by atoms with Crippen LogP contribution in [0.25, 0.3) is 0 Å². The highest BCUT2D eigenvalue weighted by Gasteiger charge is 1.93. The minimum atomic E-state index is 0.658. The van der Waals surface area contributed by atoms with Gasteiger partial charge in [-0.2, -0.15) is 0 Å². The van der Waals surface area contributed by atoms with Crippen LogP contribution in [0.1, 0.15) is 0 Å². The molecular formula is C10H10N4. The first-order chi connectivity index (χ1) is 6.84. The predicted molar refractivity (Wildman–Crippen MR) is 56.2 cm³/mol. The number of nitrogens with zero attached hydrogens (tertiary/aromatic N) is 2. The Hall–Kier alpha value is -2.10. The standard InChI is InChI=1S/C10H10N4/c11-8-1-2-10(13-7-8)14-9-3-5-12-6-4-9/h1-7H,11H2,(H,12,13,14). The van der Waals surface area contributed by atoms with Crippen LogP contribution in [-0.2, 0) is 0 Å². The van der Waals surface area contributed by atoms with Gasteiger partial charge >= 0.3 is 0 Å². The van der Waals surface area contributed by atoms with Gasteiger partial charge in [0, 0.05) is 18.1 Å². The number of aromatic nitrogens is 2. The second kappa shape index (κ2) is 3.74. The second-order valence-corrected chi connectivity index (χ2v) is 2.84. The molecule has 0 aromatic carbocycles. The quantitative estimate of drug-likeness (QED) is 0.750. The zero-order valence-electron chi connectivity index (χ0n) is 7.51. The summed E-state index contributed by atoms with van der Waals surface area (Å²) in [4.78, 5) is 8.04. The van der Waals surface area contributed by atoms with Crippen molar-refractivity contribution in [2.24, 2.45) is 0 Å². The third kappa shape index (κ3) is 1.98. The second-order valence-electron chi connectivity index (χ2n) is 2.84. The molecule has 0 aliphatic rings. The fourth-order valence-electron chi connectivity index (χ4n) is 1.06. The molecule has 0 radical (unpaired) electrons. The van der Waals surface area contributed by atoms with Crippen LogP contribution in [0.15, 0.2) is 42.9 Å². The largest absolute Gasteiger partial charge is 0.397 e. The fraction of sp³-hybridized carbons (Fsp3) is 0. The number of nitrogens with two attached hydrogens (primary N) is 1. The van der Waals surface area contributed by atoms with E-state index < -0.39 is 0 Å². The van der Waals surface area contributed by atoms with Gasteiger partial charge in [-0.05, 0) is 24.3 Å². The summed E-state index contributed by atoms with van der Waals surface area (Å²) in [5, 5.41) is 3.12. The first-order valence-electron chi connectivity index (χ1n) is 4.23. The number of hydrogen-bond donors (Lipinski definition) is 2. The fourth-order valence-corrected chi connectivity index (χ4v) is 1.06. The molecule has 0 aliphatic heterocycles. The number of rotatable bonds is 2. The Morgan fingerprint density at radius 3 is 2.50 bits per heavy atom. The minimum Gasteiger partial charge on any atom is -0.397 e. The van der Waals surface area contributed by atoms with Crippen molar-refractivity contribution in [1.82, 2.24) is 9.97 Å². The number of nitrogen functional groups attached to an aromatic ring is 1. The molecular weight excluding hydrogens is 176 g/mol. The summed E-state index contributed by atoms with van der Waals surface area (Å²) < 4.78 is 0. The van der Waals surface area contributed by atoms with Crippen LogP contribution in [0.4, 0.5) is 17.2 Å². The van der Waals surface area contributed by atoms with Gasteiger partial charge in [0.2, 0.25) is 0 Å². The molecule has 2 aromatic rings. The lowest BCUT2D eigenvalue weighted by Gasteiger charge is -2.04. The van der Waals surface area contributed by atoms with Crippen molar-refractivity contribution >= 4 is 17.2 Å². The molecule has 0 spiro atoms. The molecule has 2 rings (SSSR count). The maximum Gasteiger partial charge on any atom is 0.130 e. The molecule has 0 saturated carbocycles. The maximum atomic E-state index is 5.52. The summed E-state index contributed by atoms with van der Waals surface area (Å²) in [6.07, 6.45) is 5.06. The minimum absolute atomic E-state index is 0.658. The summed E-state index contributed by atoms with van der Waals surface area (Å²) in [5.74, 6) is 0.769. The third-order valence-electron chi connectivity index (χ3n) is 1.74. The van der Waals surface area contributed by atoms with Crippen molar-refractivity contribution in [3.8, 4) is 0 Å². The van der Waals surface area contributed by atoms with Gasteiger partial charge in [-0.25, -0.2) is 4.98 Å². The van der Waals surface area contributed by atoms with E-state index in [1.807, 2.05) is 18.2 Å². The van der Waals surface area contributed by atoms with Gasteiger partial charge in [0.1, 0.15) is 5.82 Å². The summed E-state index contributed by atoms with van der Waals surface area (Å²) in [6, 6.07) is 7.38. The van der Waals surface area contributed by atoms with Gasteiger partial charge in [-0.3, -0.25) is 4.98 Å². The van der Waals surface area contributed by atoms with E-state index in [4.69, 9.17) is 5.73 Å². The van der Waals surface area contributed by atoms with Crippen molar-refractivity contribution in [3.63, 3.8) is 0 Å². The van der Waals surface area contributed by atoms with E-state index in [1.165, 1.54) is 0 Å². The van der Waals surface area contributed by atoms with Crippen molar-refractivity contribution in [3.05, 3.63) is 42.9 Å². The van der Waals surface area contributed by atoms with Crippen LogP contribution in [0, 0.1) is 0 Å². The van der Waals surface area contributed by atoms with Gasteiger partial charge in [-0.15, -0.1) is 0 Å². The average molecular weight is 186 g/mol. The van der Waals surface area contributed by atoms with Crippen LogP contribution >= 0.6 is 0 Å². The van der Waals surface area contributed by atoms with Gasteiger partial charge in [-0.1, -0.05) is 0 Å². The van der Waals surface area contributed by atoms with E-state index in [0.717, 1.165) is 11.5 Å². The Kier molecular flexibility index (Phi) is 2.27. The molecule has 0 atom stereocenters. The van der Waals surface area contributed by atoms with Crippen LogP contribution in [0.5, 0.6) is 0 Å². The normalized spacial score (nSPS) is 9.71. The molecule has 4 nitrogen and oxygen atoms in total. The van der Waals surface area contributed by atoms with E-state index in [1.54, 1.807) is 24.7 Å². The molecule has 0 aliphatic carbocycles. The Morgan fingerprint density at radius 1 is 1.07 bits per heavy atom. The Bertz CT molecular complexity index is 396. The van der Waals surface area contributed by atoms with Gasteiger partial charge in [0.15, 0.2) is 0 Å². The number of anilines is 3. The van der Waals surface area contributed by atoms with Gasteiger partial charge in [0.05, 0.1) is 11.9 Å². The lowest BCUT2D eigenvalue weighted by molar-refractivity contribution is 1.29. The molecule has 3 N–H and O–H groups in total. The van der Waals surface area contributed by atoms with E-state index in [-0.39, 0.29) is 0 Å². The van der Waals surface area contributed by atoms with Crippen LogP contribution in [0.3, 0.4) is 0 Å². The van der Waals surface area contributed by atoms with Crippen molar-refractivity contribution < 1.29 is 0 Å². The topological polar surface area (TPSA) is 63.8 Å². The Morgan fingerprint density at radius 2 is 1.86 bits per heavy atom. The molecule has 2 aromatic heterocycles. The molecule has 0 amide bonds. The summed E-state index contributed by atoms with van der Waals surface area (Å²) in [7, 11) is 0. The number of hydrogen-bond acceptors (Lipinski definition) is 4. The molecule has 2 heterocycles. The summed E-state index contributed by atoms with van der Waals surface area (Å²) >= 11 is 0. The summed E-state index contributed by atoms with van der Waals surface area (Å²) in [5.41, 5.74) is 7.13. The first-order valence-corrected chi connectivity index (χ1v) is 4.23. The monoisotopic (exact) mass is 186 g/mol. The average Bonchev–Trinajstić information content (AvgIpc) is 2.23. The van der Waals surface area contributed by atoms with Crippen LogP contribution < -0.4 is 11.1 Å². The van der Waals surface area contributed by atoms with Crippen molar-refractivity contribution in [2.75, 3.05) is 11.1 Å². The van der Waals surface area contributed by atoms with Crippen LogP contribution in [0.2, 0.25) is 0 Å². The molecule has 0 unspecified atom stereocenters. The third-order valence-corrected chi connectivity index (χ3v) is 1.74. The molecule has 4 heteroatoms. The SMILES string of the molecule is Nc1ccc(Nc2ccncc2)nc1. The molecule has 14 heavy (non-hydrogen) atoms. The number of pyridine rings is 2. The zero-order valence-corrected chi connectivity index (χ0v) is 7.51. The zero-order chi connectivity index (χ0) is 9.80. The smallest absolute Gasteiger partial charge is 0.130 e. The molecule has 0 bridgehead atoms.